The number of nitrogens with one attached hydrogen (secondary N) is 1. The minimum atomic E-state index is 0.363. The van der Waals surface area contributed by atoms with E-state index in [9.17, 15) is 5.11 Å². The van der Waals surface area contributed by atoms with Crippen molar-refractivity contribution in [2.24, 2.45) is 10.9 Å². The van der Waals surface area contributed by atoms with Gasteiger partial charge in [-0.05, 0) is 50.9 Å². The Kier molecular flexibility index (Phi) is 7.21. The van der Waals surface area contributed by atoms with Crippen molar-refractivity contribution in [3.05, 3.63) is 24.3 Å². The van der Waals surface area contributed by atoms with Crippen LogP contribution in [0.5, 0.6) is 5.75 Å². The lowest BCUT2D eigenvalue weighted by Crippen LogP contribution is -2.52. The molecule has 2 heterocycles. The first-order valence-electron chi connectivity index (χ1n) is 10.5. The Morgan fingerprint density at radius 1 is 1.11 bits per heavy atom. The quantitative estimate of drug-likeness (QED) is 0.591. The molecule has 150 valence electrons. The largest absolute Gasteiger partial charge is 0.506 e. The van der Waals surface area contributed by atoms with E-state index in [2.05, 4.69) is 33.9 Å². The molecule has 3 rings (SSSR count). The highest BCUT2D eigenvalue weighted by Crippen LogP contribution is 2.27. The Labute approximate surface area is 163 Å². The standard InChI is InChI=1S/C21H35N5O/c1-3-22-21(23-16-18(2)17-24-10-6-7-11-24)26-14-12-25(13-15-26)19-8-4-5-9-20(19)27/h4-5,8-9,18,27H,3,6-7,10-17H2,1-2H3,(H,22,23). The van der Waals surface area contributed by atoms with Crippen LogP contribution in [0.15, 0.2) is 29.3 Å². The number of rotatable bonds is 6. The molecule has 2 N–H and O–H groups in total. The second-order valence-corrected chi connectivity index (χ2v) is 7.77. The fourth-order valence-corrected chi connectivity index (χ4v) is 4.02. The van der Waals surface area contributed by atoms with E-state index in [1.54, 1.807) is 6.07 Å². The van der Waals surface area contributed by atoms with Gasteiger partial charge < -0.3 is 25.1 Å². The maximum absolute atomic E-state index is 10.1. The number of piperazine rings is 1. The van der Waals surface area contributed by atoms with Crippen molar-refractivity contribution in [3.8, 4) is 5.75 Å². The molecule has 0 bridgehead atoms. The summed E-state index contributed by atoms with van der Waals surface area (Å²) in [6, 6.07) is 7.60. The van der Waals surface area contributed by atoms with Gasteiger partial charge in [0.25, 0.3) is 0 Å². The van der Waals surface area contributed by atoms with Crippen LogP contribution in [0, 0.1) is 5.92 Å². The third-order valence-corrected chi connectivity index (χ3v) is 5.46. The number of hydrogen-bond donors (Lipinski definition) is 2. The molecule has 2 aliphatic rings. The molecule has 1 unspecified atom stereocenters. The van der Waals surface area contributed by atoms with Gasteiger partial charge in [0.15, 0.2) is 5.96 Å². The monoisotopic (exact) mass is 373 g/mol. The van der Waals surface area contributed by atoms with Crippen LogP contribution in [-0.4, -0.2) is 79.8 Å². The Hall–Kier alpha value is -1.95. The number of phenolic OH excluding ortho intramolecular Hbond substituents is 1. The number of aromatic hydroxyl groups is 1. The minimum Gasteiger partial charge on any atom is -0.506 e. The third-order valence-electron chi connectivity index (χ3n) is 5.46. The molecule has 2 fully saturated rings. The first-order valence-corrected chi connectivity index (χ1v) is 10.5. The summed E-state index contributed by atoms with van der Waals surface area (Å²) >= 11 is 0. The van der Waals surface area contributed by atoms with Crippen molar-refractivity contribution in [3.63, 3.8) is 0 Å². The number of anilines is 1. The second kappa shape index (κ2) is 9.83. The predicted molar refractivity (Wildman–Crippen MR) is 113 cm³/mol. The van der Waals surface area contributed by atoms with Gasteiger partial charge in [-0.25, -0.2) is 0 Å². The summed E-state index contributed by atoms with van der Waals surface area (Å²) < 4.78 is 0. The van der Waals surface area contributed by atoms with E-state index in [0.29, 0.717) is 11.7 Å². The molecular formula is C21H35N5O. The zero-order valence-electron chi connectivity index (χ0n) is 16.9. The van der Waals surface area contributed by atoms with Crippen molar-refractivity contribution >= 4 is 11.6 Å². The van der Waals surface area contributed by atoms with Crippen molar-refractivity contribution in [1.29, 1.82) is 0 Å². The lowest BCUT2D eigenvalue weighted by atomic mass is 10.2. The van der Waals surface area contributed by atoms with Gasteiger partial charge in [-0.2, -0.15) is 0 Å². The second-order valence-electron chi connectivity index (χ2n) is 7.77. The van der Waals surface area contributed by atoms with Gasteiger partial charge in [-0.15, -0.1) is 0 Å². The van der Waals surface area contributed by atoms with Crippen LogP contribution in [0.3, 0.4) is 0 Å². The summed E-state index contributed by atoms with van der Waals surface area (Å²) in [5.41, 5.74) is 0.929. The van der Waals surface area contributed by atoms with Gasteiger partial charge in [0.05, 0.1) is 5.69 Å². The van der Waals surface area contributed by atoms with E-state index in [1.165, 1.54) is 25.9 Å². The van der Waals surface area contributed by atoms with E-state index in [1.807, 2.05) is 18.2 Å². The summed E-state index contributed by atoms with van der Waals surface area (Å²) in [5, 5.41) is 13.6. The zero-order chi connectivity index (χ0) is 19.1. The molecule has 2 aliphatic heterocycles. The third kappa shape index (κ3) is 5.51. The topological polar surface area (TPSA) is 54.3 Å². The lowest BCUT2D eigenvalue weighted by molar-refractivity contribution is 0.290. The van der Waals surface area contributed by atoms with Crippen LogP contribution in [0.1, 0.15) is 26.7 Å². The zero-order valence-corrected chi connectivity index (χ0v) is 16.9. The van der Waals surface area contributed by atoms with Gasteiger partial charge in [0, 0.05) is 45.8 Å². The van der Waals surface area contributed by atoms with Crippen LogP contribution in [-0.2, 0) is 0 Å². The SMILES string of the molecule is CCNC(=NCC(C)CN1CCCC1)N1CCN(c2ccccc2O)CC1. The normalized spacial score (nSPS) is 20.1. The highest BCUT2D eigenvalue weighted by molar-refractivity contribution is 5.80. The Bertz CT molecular complexity index is 606. The van der Waals surface area contributed by atoms with Gasteiger partial charge in [0.1, 0.15) is 5.75 Å². The molecule has 0 aliphatic carbocycles. The van der Waals surface area contributed by atoms with Crippen LogP contribution in [0.4, 0.5) is 5.69 Å². The van der Waals surface area contributed by atoms with Crippen LogP contribution < -0.4 is 10.2 Å². The molecule has 27 heavy (non-hydrogen) atoms. The number of aliphatic imine (C=N–C) groups is 1. The van der Waals surface area contributed by atoms with E-state index < -0.39 is 0 Å². The number of phenols is 1. The molecule has 0 spiro atoms. The maximum atomic E-state index is 10.1. The fraction of sp³-hybridized carbons (Fsp3) is 0.667. The summed E-state index contributed by atoms with van der Waals surface area (Å²) in [5.74, 6) is 1.98. The molecule has 1 atom stereocenters. The Morgan fingerprint density at radius 3 is 2.48 bits per heavy atom. The van der Waals surface area contributed by atoms with Crippen molar-refractivity contribution in [1.82, 2.24) is 15.1 Å². The number of guanidine groups is 1. The summed E-state index contributed by atoms with van der Waals surface area (Å²) in [6.07, 6.45) is 2.69. The molecule has 1 aromatic carbocycles. The first-order chi connectivity index (χ1) is 13.2. The summed E-state index contributed by atoms with van der Waals surface area (Å²) in [7, 11) is 0. The van der Waals surface area contributed by atoms with E-state index in [4.69, 9.17) is 4.99 Å². The molecular weight excluding hydrogens is 338 g/mol. The predicted octanol–water partition coefficient (Wildman–Crippen LogP) is 2.21. The average molecular weight is 374 g/mol. The molecule has 1 aromatic rings. The number of nitrogens with zero attached hydrogens (tertiary/aromatic N) is 4. The highest BCUT2D eigenvalue weighted by Gasteiger charge is 2.21. The Morgan fingerprint density at radius 2 is 1.81 bits per heavy atom. The summed E-state index contributed by atoms with van der Waals surface area (Å²) in [6.45, 7) is 13.5. The maximum Gasteiger partial charge on any atom is 0.194 e. The van der Waals surface area contributed by atoms with Crippen LogP contribution in [0.25, 0.3) is 0 Å². The van der Waals surface area contributed by atoms with Gasteiger partial charge in [-0.3, -0.25) is 4.99 Å². The van der Waals surface area contributed by atoms with Gasteiger partial charge >= 0.3 is 0 Å². The van der Waals surface area contributed by atoms with Crippen molar-refractivity contribution in [2.45, 2.75) is 26.7 Å². The summed E-state index contributed by atoms with van der Waals surface area (Å²) in [4.78, 5) is 12.1. The molecule has 0 radical (unpaired) electrons. The number of likely N-dealkylation sites (tertiary alicyclic amines) is 1. The van der Waals surface area contributed by atoms with Crippen molar-refractivity contribution in [2.75, 3.05) is 63.8 Å². The van der Waals surface area contributed by atoms with E-state index in [-0.39, 0.29) is 0 Å². The van der Waals surface area contributed by atoms with E-state index >= 15 is 0 Å². The number of para-hydroxylation sites is 2. The van der Waals surface area contributed by atoms with Gasteiger partial charge in [0.2, 0.25) is 0 Å². The number of benzene rings is 1. The number of hydrogen-bond acceptors (Lipinski definition) is 4. The van der Waals surface area contributed by atoms with Crippen molar-refractivity contribution < 1.29 is 5.11 Å². The average Bonchev–Trinajstić information content (AvgIpc) is 3.19. The minimum absolute atomic E-state index is 0.363. The highest BCUT2D eigenvalue weighted by atomic mass is 16.3. The smallest absolute Gasteiger partial charge is 0.194 e. The molecule has 0 aromatic heterocycles. The first kappa shape index (κ1) is 19.8. The molecule has 2 saturated heterocycles. The molecule has 6 nitrogen and oxygen atoms in total. The van der Waals surface area contributed by atoms with Crippen LogP contribution >= 0.6 is 0 Å². The molecule has 0 amide bonds. The molecule has 6 heteroatoms. The van der Waals surface area contributed by atoms with E-state index in [0.717, 1.165) is 57.5 Å². The fourth-order valence-electron chi connectivity index (χ4n) is 4.02. The lowest BCUT2D eigenvalue weighted by Gasteiger charge is -2.38. The van der Waals surface area contributed by atoms with Crippen LogP contribution in [0.2, 0.25) is 0 Å². The Balaban J connectivity index is 1.53. The molecule has 0 saturated carbocycles. The van der Waals surface area contributed by atoms with Gasteiger partial charge in [-0.1, -0.05) is 19.1 Å².